The maximum Gasteiger partial charge on any atom is 0.321 e. The summed E-state index contributed by atoms with van der Waals surface area (Å²) in [6.07, 6.45) is 0.243. The molecule has 0 saturated heterocycles. The van der Waals surface area contributed by atoms with Crippen LogP contribution in [0.5, 0.6) is 5.75 Å². The molecule has 3 amide bonds. The molecule has 2 atom stereocenters. The molecule has 0 aliphatic rings. The number of aromatic hydroxyl groups is 1. The Morgan fingerprint density at radius 1 is 1.10 bits per heavy atom. The number of rotatable bonds is 16. The lowest BCUT2D eigenvalue weighted by Gasteiger charge is -2.29. The average Bonchev–Trinajstić information content (AvgIpc) is 3.31. The molecular formula is C26H37N5O9S. The number of carboxylic acids is 1. The van der Waals surface area contributed by atoms with E-state index in [0.29, 0.717) is 18.7 Å². The summed E-state index contributed by atoms with van der Waals surface area (Å²) in [6.45, 7) is 3.20. The smallest absolute Gasteiger partial charge is 0.321 e. The van der Waals surface area contributed by atoms with E-state index in [4.69, 9.17) is 15.6 Å². The minimum absolute atomic E-state index is 0.0513. The molecule has 15 heteroatoms. The Labute approximate surface area is 240 Å². The number of carbonyl (C=O) groups excluding carboxylic acids is 4. The zero-order valence-electron chi connectivity index (χ0n) is 22.9. The van der Waals surface area contributed by atoms with Gasteiger partial charge in [-0.3, -0.25) is 24.0 Å². The molecule has 1 aromatic heterocycles. The van der Waals surface area contributed by atoms with Crippen molar-refractivity contribution in [3.05, 3.63) is 30.0 Å². The Bertz CT molecular complexity index is 1230. The van der Waals surface area contributed by atoms with E-state index in [2.05, 4.69) is 20.9 Å². The van der Waals surface area contributed by atoms with Crippen molar-refractivity contribution in [2.75, 3.05) is 32.0 Å². The molecule has 0 aliphatic carbocycles. The highest BCUT2D eigenvalue weighted by Crippen LogP contribution is 2.23. The second-order valence-corrected chi connectivity index (χ2v) is 11.0. The van der Waals surface area contributed by atoms with Crippen molar-refractivity contribution in [3.63, 3.8) is 0 Å². The normalized spacial score (nSPS) is 12.8. The van der Waals surface area contributed by atoms with Crippen LogP contribution in [0.4, 0.5) is 4.79 Å². The minimum Gasteiger partial charge on any atom is -0.508 e. The van der Waals surface area contributed by atoms with Gasteiger partial charge in [-0.25, -0.2) is 0 Å². The first kappa shape index (κ1) is 33.4. The molecule has 41 heavy (non-hydrogen) atoms. The van der Waals surface area contributed by atoms with Crippen LogP contribution < -0.4 is 21.7 Å². The molecular weight excluding hydrogens is 558 g/mol. The number of amides is 3. The minimum atomic E-state index is -1.57. The number of H-pyrrole nitrogens is 1. The van der Waals surface area contributed by atoms with Crippen LogP contribution in [-0.4, -0.2) is 93.4 Å². The lowest BCUT2D eigenvalue weighted by molar-refractivity contribution is -0.155. The van der Waals surface area contributed by atoms with E-state index in [1.54, 1.807) is 18.2 Å². The molecule has 0 spiro atoms. The lowest BCUT2D eigenvalue weighted by Crippen LogP contribution is -2.47. The lowest BCUT2D eigenvalue weighted by atomic mass is 9.87. The Morgan fingerprint density at radius 2 is 1.83 bits per heavy atom. The maximum atomic E-state index is 12.3. The molecule has 14 nitrogen and oxygen atoms in total. The van der Waals surface area contributed by atoms with E-state index in [1.165, 1.54) is 13.8 Å². The molecule has 0 saturated carbocycles. The second kappa shape index (κ2) is 15.8. The summed E-state index contributed by atoms with van der Waals surface area (Å²) >= 11 is 1.02. The zero-order chi connectivity index (χ0) is 30.6. The van der Waals surface area contributed by atoms with Gasteiger partial charge in [0.1, 0.15) is 17.9 Å². The Kier molecular flexibility index (Phi) is 12.9. The number of aliphatic carboxylic acids is 1. The predicted molar refractivity (Wildman–Crippen MR) is 151 cm³/mol. The van der Waals surface area contributed by atoms with Gasteiger partial charge in [-0.1, -0.05) is 25.6 Å². The molecule has 226 valence electrons. The Balaban J connectivity index is 1.57. The standard InChI is InChI=1S/C26H37N5O9S/c1-26(2,14-40-21(34)12-18(27)24(37)38)22(35)23(36)29-8-6-20(33)28-9-10-41-25(39)30-7-5-15-13-31-19-4-3-16(32)11-17(15)19/h3-4,11,13,18,22,31-32,35H,5-10,12,14,27H2,1-2H3,(H,28,33)(H,29,36)(H,30,39)(H,37,38)/t18-,22-/m0/s1. The van der Waals surface area contributed by atoms with E-state index < -0.39 is 41.8 Å². The fourth-order valence-electron chi connectivity index (χ4n) is 3.57. The molecule has 0 bridgehead atoms. The van der Waals surface area contributed by atoms with E-state index >= 15 is 0 Å². The highest BCUT2D eigenvalue weighted by atomic mass is 32.2. The average molecular weight is 596 g/mol. The number of benzene rings is 1. The summed E-state index contributed by atoms with van der Waals surface area (Å²) in [5.74, 6) is -2.84. The second-order valence-electron chi connectivity index (χ2n) is 9.95. The summed E-state index contributed by atoms with van der Waals surface area (Å²) in [6, 6.07) is 3.63. The number of aromatic amines is 1. The number of nitrogens with one attached hydrogen (secondary N) is 4. The number of thioether (sulfide) groups is 1. The first-order valence-electron chi connectivity index (χ1n) is 12.9. The molecule has 1 heterocycles. The summed E-state index contributed by atoms with van der Waals surface area (Å²) in [4.78, 5) is 61.9. The van der Waals surface area contributed by atoms with Gasteiger partial charge in [0.2, 0.25) is 11.8 Å². The van der Waals surface area contributed by atoms with E-state index in [1.807, 2.05) is 6.20 Å². The number of nitrogens with two attached hydrogens (primary N) is 1. The van der Waals surface area contributed by atoms with E-state index in [9.17, 15) is 34.2 Å². The number of aliphatic hydroxyl groups excluding tert-OH is 1. The van der Waals surface area contributed by atoms with Crippen LogP contribution in [0.15, 0.2) is 24.4 Å². The van der Waals surface area contributed by atoms with Gasteiger partial charge in [0.05, 0.1) is 13.0 Å². The fourth-order valence-corrected chi connectivity index (χ4v) is 4.16. The summed E-state index contributed by atoms with van der Waals surface area (Å²) < 4.78 is 4.94. The highest BCUT2D eigenvalue weighted by molar-refractivity contribution is 8.13. The third kappa shape index (κ3) is 11.3. The molecule has 9 N–H and O–H groups in total. The number of aliphatic hydroxyl groups is 1. The van der Waals surface area contributed by atoms with Gasteiger partial charge in [-0.15, -0.1) is 0 Å². The Hall–Kier alpha value is -3.82. The topological polar surface area (TPSA) is 233 Å². The van der Waals surface area contributed by atoms with Crippen molar-refractivity contribution in [1.29, 1.82) is 0 Å². The van der Waals surface area contributed by atoms with E-state index in [-0.39, 0.29) is 43.0 Å². The molecule has 1 aromatic carbocycles. The predicted octanol–water partition coefficient (Wildman–Crippen LogP) is 0.214. The third-order valence-electron chi connectivity index (χ3n) is 6.02. The summed E-state index contributed by atoms with van der Waals surface area (Å²) in [7, 11) is 0. The first-order chi connectivity index (χ1) is 19.3. The van der Waals surface area contributed by atoms with Gasteiger partial charge in [-0.2, -0.15) is 0 Å². The number of phenols is 1. The Morgan fingerprint density at radius 3 is 2.54 bits per heavy atom. The largest absolute Gasteiger partial charge is 0.508 e. The SMILES string of the molecule is CC(C)(COC(=O)C[C@H](N)C(=O)O)[C@@H](O)C(=O)NCCC(=O)NCCSC(=O)NCCc1c[nH]c2ccc(O)cc12. The van der Waals surface area contributed by atoms with Crippen LogP contribution in [0.2, 0.25) is 0 Å². The maximum absolute atomic E-state index is 12.3. The quantitative estimate of drug-likeness (QED) is 0.0965. The monoisotopic (exact) mass is 595 g/mol. The van der Waals surface area contributed by atoms with Crippen LogP contribution in [0, 0.1) is 5.41 Å². The van der Waals surface area contributed by atoms with Crippen molar-refractivity contribution in [2.45, 2.75) is 45.3 Å². The van der Waals surface area contributed by atoms with Gasteiger partial charge in [0, 0.05) is 54.3 Å². The number of phenolic OH excluding ortho intramolecular Hbond substituents is 1. The van der Waals surface area contributed by atoms with Crippen molar-refractivity contribution < 1.29 is 44.0 Å². The first-order valence-corrected chi connectivity index (χ1v) is 13.8. The molecule has 0 fully saturated rings. The van der Waals surface area contributed by atoms with Gasteiger partial charge in [0.15, 0.2) is 0 Å². The van der Waals surface area contributed by atoms with Gasteiger partial charge >= 0.3 is 11.9 Å². The molecule has 0 unspecified atom stereocenters. The molecule has 0 aliphatic heterocycles. The number of carbonyl (C=O) groups is 5. The van der Waals surface area contributed by atoms with Crippen molar-refractivity contribution in [3.8, 4) is 5.75 Å². The number of aromatic nitrogens is 1. The zero-order valence-corrected chi connectivity index (χ0v) is 23.7. The summed E-state index contributed by atoms with van der Waals surface area (Å²) in [5.41, 5.74) is 5.95. The molecule has 2 rings (SSSR count). The highest BCUT2D eigenvalue weighted by Gasteiger charge is 2.35. The third-order valence-corrected chi connectivity index (χ3v) is 6.84. The number of fused-ring (bicyclic) bond motifs is 1. The fraction of sp³-hybridized carbons (Fsp3) is 0.500. The molecule has 0 radical (unpaired) electrons. The number of hydrogen-bond donors (Lipinski definition) is 8. The van der Waals surface area contributed by atoms with Gasteiger partial charge in [0.25, 0.3) is 5.24 Å². The van der Waals surface area contributed by atoms with E-state index in [0.717, 1.165) is 28.2 Å². The van der Waals surface area contributed by atoms with Crippen LogP contribution in [0.3, 0.4) is 0 Å². The number of esters is 1. The van der Waals surface area contributed by atoms with Gasteiger partial charge < -0.3 is 46.7 Å². The van der Waals surface area contributed by atoms with Crippen LogP contribution in [0.1, 0.15) is 32.3 Å². The molecule has 2 aromatic rings. The van der Waals surface area contributed by atoms with Crippen LogP contribution >= 0.6 is 11.8 Å². The van der Waals surface area contributed by atoms with Crippen LogP contribution in [0.25, 0.3) is 10.9 Å². The van der Waals surface area contributed by atoms with Crippen molar-refractivity contribution in [1.82, 2.24) is 20.9 Å². The van der Waals surface area contributed by atoms with Gasteiger partial charge in [-0.05, 0) is 30.2 Å². The number of carboxylic acid groups (broad SMARTS) is 1. The summed E-state index contributed by atoms with van der Waals surface area (Å²) in [5, 5.41) is 37.2. The van der Waals surface area contributed by atoms with Crippen molar-refractivity contribution in [2.24, 2.45) is 11.1 Å². The number of hydrogen-bond acceptors (Lipinski definition) is 10. The number of ether oxygens (including phenoxy) is 1. The van der Waals surface area contributed by atoms with Crippen molar-refractivity contribution >= 4 is 51.7 Å². The van der Waals surface area contributed by atoms with Crippen LogP contribution in [-0.2, 0) is 30.3 Å².